The highest BCUT2D eigenvalue weighted by Gasteiger charge is 2.24. The van der Waals surface area contributed by atoms with E-state index in [9.17, 15) is 9.59 Å². The summed E-state index contributed by atoms with van der Waals surface area (Å²) in [7, 11) is 1.53. The van der Waals surface area contributed by atoms with Crippen LogP contribution in [0.1, 0.15) is 36.3 Å². The molecule has 2 aromatic carbocycles. The van der Waals surface area contributed by atoms with E-state index in [1.807, 2.05) is 10.7 Å². The number of esters is 1. The van der Waals surface area contributed by atoms with Gasteiger partial charge in [-0.3, -0.25) is 9.59 Å². The fourth-order valence-electron chi connectivity index (χ4n) is 5.13. The topological polar surface area (TPSA) is 162 Å². The molecule has 3 aromatic heterocycles. The molecule has 0 radical (unpaired) electrons. The van der Waals surface area contributed by atoms with Crippen LogP contribution in [0.2, 0.25) is 0 Å². The number of carbonyl (C=O) groups excluding carboxylic acids is 2. The standard InChI is InChI=1S/C28H28N8O4/c1-15(37)40-22-5-3-4-19-18(22)13-21(33-19)28(38)34-20-7-6-16(12-23(20)39-2)25-24-26(29)31-14-32-27(24)36(35-25)17-8-10-30-11-9-17/h3-7,12-14,17,30,33H,8-11H2,1-2H3,(H,34,38)(H2,29,31,32). The van der Waals surface area contributed by atoms with Gasteiger partial charge in [-0.15, -0.1) is 0 Å². The number of nitrogens with zero attached hydrogens (tertiary/aromatic N) is 4. The number of hydrogen-bond acceptors (Lipinski definition) is 9. The molecule has 1 fully saturated rings. The molecule has 0 aliphatic carbocycles. The summed E-state index contributed by atoms with van der Waals surface area (Å²) in [5.74, 6) is 0.355. The van der Waals surface area contributed by atoms with Gasteiger partial charge in [-0.2, -0.15) is 5.10 Å². The summed E-state index contributed by atoms with van der Waals surface area (Å²) < 4.78 is 12.9. The lowest BCUT2D eigenvalue weighted by molar-refractivity contribution is -0.131. The van der Waals surface area contributed by atoms with E-state index in [2.05, 4.69) is 25.6 Å². The molecule has 5 aromatic rings. The second-order valence-corrected chi connectivity index (χ2v) is 9.60. The molecule has 1 aliphatic heterocycles. The van der Waals surface area contributed by atoms with Crippen molar-refractivity contribution < 1.29 is 19.1 Å². The summed E-state index contributed by atoms with van der Waals surface area (Å²) in [6, 6.07) is 12.5. The number of fused-ring (bicyclic) bond motifs is 2. The van der Waals surface area contributed by atoms with Gasteiger partial charge in [0.15, 0.2) is 5.65 Å². The second-order valence-electron chi connectivity index (χ2n) is 9.60. The Morgan fingerprint density at radius 2 is 1.93 bits per heavy atom. The number of amides is 1. The van der Waals surface area contributed by atoms with Gasteiger partial charge in [0.05, 0.1) is 24.2 Å². The molecule has 0 atom stereocenters. The van der Waals surface area contributed by atoms with Crippen molar-refractivity contribution in [2.24, 2.45) is 0 Å². The number of nitrogen functional groups attached to an aromatic ring is 1. The van der Waals surface area contributed by atoms with Crippen LogP contribution in [0, 0.1) is 0 Å². The SMILES string of the molecule is COc1cc(-c2nn(C3CCNCC3)c3ncnc(N)c23)ccc1NC(=O)c1cc2c(OC(C)=O)cccc2[nH]1. The fourth-order valence-corrected chi connectivity index (χ4v) is 5.13. The van der Waals surface area contributed by atoms with Crippen molar-refractivity contribution in [3.8, 4) is 22.8 Å². The van der Waals surface area contributed by atoms with Gasteiger partial charge in [0.2, 0.25) is 0 Å². The molecule has 0 unspecified atom stereocenters. The zero-order valence-corrected chi connectivity index (χ0v) is 22.0. The maximum absolute atomic E-state index is 13.2. The first-order valence-electron chi connectivity index (χ1n) is 12.9. The van der Waals surface area contributed by atoms with Crippen LogP contribution in [0.25, 0.3) is 33.2 Å². The Morgan fingerprint density at radius 3 is 2.70 bits per heavy atom. The number of ether oxygens (including phenoxy) is 2. The van der Waals surface area contributed by atoms with E-state index in [0.717, 1.165) is 31.5 Å². The summed E-state index contributed by atoms with van der Waals surface area (Å²) in [4.78, 5) is 36.4. The van der Waals surface area contributed by atoms with Gasteiger partial charge in [-0.25, -0.2) is 14.6 Å². The highest BCUT2D eigenvalue weighted by Crippen LogP contribution is 2.37. The first-order valence-corrected chi connectivity index (χ1v) is 12.9. The second kappa shape index (κ2) is 10.3. The van der Waals surface area contributed by atoms with Gasteiger partial charge < -0.3 is 30.8 Å². The summed E-state index contributed by atoms with van der Waals surface area (Å²) >= 11 is 0. The average Bonchev–Trinajstić information content (AvgIpc) is 3.57. The third-order valence-electron chi connectivity index (χ3n) is 7.02. The van der Waals surface area contributed by atoms with Gasteiger partial charge in [-0.05, 0) is 56.3 Å². The first-order chi connectivity index (χ1) is 19.4. The molecule has 1 aliphatic rings. The van der Waals surface area contributed by atoms with Crippen molar-refractivity contribution in [1.29, 1.82) is 0 Å². The van der Waals surface area contributed by atoms with Crippen LogP contribution in [-0.4, -0.2) is 56.8 Å². The molecule has 12 heteroatoms. The molecule has 4 heterocycles. The quantitative estimate of drug-likeness (QED) is 0.186. The Labute approximate surface area is 228 Å². The van der Waals surface area contributed by atoms with Gasteiger partial charge in [0.1, 0.15) is 35.0 Å². The monoisotopic (exact) mass is 540 g/mol. The normalized spacial score (nSPS) is 13.9. The predicted molar refractivity (Wildman–Crippen MR) is 150 cm³/mol. The zero-order valence-electron chi connectivity index (χ0n) is 22.0. The lowest BCUT2D eigenvalue weighted by Crippen LogP contribution is -2.30. The molecule has 5 N–H and O–H groups in total. The van der Waals surface area contributed by atoms with Crippen molar-refractivity contribution >= 4 is 45.3 Å². The van der Waals surface area contributed by atoms with Gasteiger partial charge in [0, 0.05) is 23.4 Å². The van der Waals surface area contributed by atoms with Crippen LogP contribution in [0.5, 0.6) is 11.5 Å². The van der Waals surface area contributed by atoms with Crippen LogP contribution in [-0.2, 0) is 4.79 Å². The highest BCUT2D eigenvalue weighted by atomic mass is 16.5. The van der Waals surface area contributed by atoms with Crippen molar-refractivity contribution in [2.75, 3.05) is 31.2 Å². The minimum absolute atomic E-state index is 0.199. The number of aromatic nitrogens is 5. The van der Waals surface area contributed by atoms with E-state index < -0.39 is 5.97 Å². The molecule has 1 amide bonds. The van der Waals surface area contributed by atoms with Crippen LogP contribution in [0.3, 0.4) is 0 Å². The lowest BCUT2D eigenvalue weighted by atomic mass is 10.1. The Kier molecular flexibility index (Phi) is 6.52. The lowest BCUT2D eigenvalue weighted by Gasteiger charge is -2.23. The fraction of sp³-hybridized carbons (Fsp3) is 0.250. The van der Waals surface area contributed by atoms with Crippen molar-refractivity contribution in [2.45, 2.75) is 25.8 Å². The summed E-state index contributed by atoms with van der Waals surface area (Å²) in [6.07, 6.45) is 3.33. The smallest absolute Gasteiger partial charge is 0.308 e. The maximum atomic E-state index is 13.2. The third-order valence-corrected chi connectivity index (χ3v) is 7.02. The van der Waals surface area contributed by atoms with Crippen LogP contribution >= 0.6 is 0 Å². The molecule has 6 rings (SSSR count). The van der Waals surface area contributed by atoms with E-state index >= 15 is 0 Å². The first kappa shape index (κ1) is 25.3. The average molecular weight is 541 g/mol. The zero-order chi connectivity index (χ0) is 27.8. The molecule has 40 heavy (non-hydrogen) atoms. The van der Waals surface area contributed by atoms with E-state index in [4.69, 9.17) is 20.3 Å². The molecule has 0 spiro atoms. The summed E-state index contributed by atoms with van der Waals surface area (Å²) in [6.45, 7) is 3.15. The van der Waals surface area contributed by atoms with Gasteiger partial charge in [0.25, 0.3) is 5.91 Å². The number of benzene rings is 2. The van der Waals surface area contributed by atoms with Crippen molar-refractivity contribution in [1.82, 2.24) is 30.0 Å². The molecule has 0 saturated carbocycles. The maximum Gasteiger partial charge on any atom is 0.308 e. The number of methoxy groups -OCH3 is 1. The largest absolute Gasteiger partial charge is 0.495 e. The number of aromatic amines is 1. The number of anilines is 2. The molecule has 1 saturated heterocycles. The molecule has 0 bridgehead atoms. The van der Waals surface area contributed by atoms with Crippen molar-refractivity contribution in [3.05, 3.63) is 54.5 Å². The van der Waals surface area contributed by atoms with E-state index in [-0.39, 0.29) is 11.9 Å². The molecule has 204 valence electrons. The number of nitrogens with one attached hydrogen (secondary N) is 3. The minimum atomic E-state index is -0.439. The molecular weight excluding hydrogens is 512 g/mol. The third kappa shape index (κ3) is 4.58. The van der Waals surface area contributed by atoms with Crippen LogP contribution in [0.4, 0.5) is 11.5 Å². The molecule has 12 nitrogen and oxygen atoms in total. The summed E-state index contributed by atoms with van der Waals surface area (Å²) in [5.41, 5.74) is 9.84. The van der Waals surface area contributed by atoms with Crippen LogP contribution in [0.15, 0.2) is 48.8 Å². The molecular formula is C28H28N8O4. The highest BCUT2D eigenvalue weighted by molar-refractivity contribution is 6.08. The van der Waals surface area contributed by atoms with E-state index in [1.165, 1.54) is 20.4 Å². The number of carbonyl (C=O) groups is 2. The Bertz CT molecular complexity index is 1750. The number of H-pyrrole nitrogens is 1. The Hall–Kier alpha value is -4.97. The minimum Gasteiger partial charge on any atom is -0.495 e. The van der Waals surface area contributed by atoms with Crippen molar-refractivity contribution in [3.63, 3.8) is 0 Å². The van der Waals surface area contributed by atoms with E-state index in [1.54, 1.807) is 36.4 Å². The summed E-state index contributed by atoms with van der Waals surface area (Å²) in [5, 5.41) is 12.5. The van der Waals surface area contributed by atoms with E-state index in [0.29, 0.717) is 56.3 Å². The number of piperidine rings is 1. The van der Waals surface area contributed by atoms with Gasteiger partial charge in [-0.1, -0.05) is 12.1 Å². The number of nitrogens with two attached hydrogens (primary N) is 1. The Balaban J connectivity index is 1.33. The van der Waals surface area contributed by atoms with Crippen LogP contribution < -0.4 is 25.8 Å². The Morgan fingerprint density at radius 1 is 1.10 bits per heavy atom. The predicted octanol–water partition coefficient (Wildman–Crippen LogP) is 3.67. The number of rotatable bonds is 6. The van der Waals surface area contributed by atoms with Gasteiger partial charge >= 0.3 is 5.97 Å². The number of hydrogen-bond donors (Lipinski definition) is 4.